The van der Waals surface area contributed by atoms with Crippen molar-refractivity contribution < 1.29 is 4.42 Å². The third-order valence-electron chi connectivity index (χ3n) is 11.4. The maximum absolute atomic E-state index is 6.93. The molecule has 1 aliphatic rings. The summed E-state index contributed by atoms with van der Waals surface area (Å²) in [6, 6.07) is 60.7. The van der Waals surface area contributed by atoms with Crippen molar-refractivity contribution in [3.8, 4) is 50.5 Å². The summed E-state index contributed by atoms with van der Waals surface area (Å²) in [4.78, 5) is 5.31. The predicted octanol–water partition coefficient (Wildman–Crippen LogP) is 13.4. The molecule has 0 aliphatic heterocycles. The van der Waals surface area contributed by atoms with E-state index in [1.54, 1.807) is 0 Å². The van der Waals surface area contributed by atoms with Crippen LogP contribution in [0.2, 0.25) is 0 Å². The number of para-hydroxylation sites is 2. The van der Waals surface area contributed by atoms with Gasteiger partial charge in [-0.2, -0.15) is 0 Å². The lowest BCUT2D eigenvalue weighted by Crippen LogP contribution is -2.14. The van der Waals surface area contributed by atoms with Crippen molar-refractivity contribution in [1.82, 2.24) is 9.55 Å². The van der Waals surface area contributed by atoms with E-state index in [4.69, 9.17) is 9.40 Å². The fraction of sp³-hybridized carbons (Fsp3) is 0.0600. The number of furan rings is 1. The molecule has 0 fully saturated rings. The summed E-state index contributed by atoms with van der Waals surface area (Å²) in [5.74, 6) is 0. The Morgan fingerprint density at radius 3 is 2.02 bits per heavy atom. The molecule has 7 aromatic carbocycles. The molecule has 3 heterocycles. The molecule has 0 radical (unpaired) electrons. The van der Waals surface area contributed by atoms with Gasteiger partial charge in [-0.1, -0.05) is 147 Å². The minimum atomic E-state index is -0.0787. The average Bonchev–Trinajstić information content (AvgIpc) is 3.84. The SMILES string of the molecule is CC1(C)c2ccccc2-c2c1ccc1c2c2ccccc2n1-c1cccc2c1oc1cccc(-c3cc(-c4ccccc4)cc(-c4ccccc4)n3)c12. The van der Waals surface area contributed by atoms with Gasteiger partial charge in [0, 0.05) is 38.1 Å². The van der Waals surface area contributed by atoms with Crippen molar-refractivity contribution in [3.63, 3.8) is 0 Å². The normalized spacial score (nSPS) is 13.2. The molecule has 0 spiro atoms. The van der Waals surface area contributed by atoms with Crippen molar-refractivity contribution in [2.24, 2.45) is 0 Å². The number of hydrogen-bond donors (Lipinski definition) is 0. The summed E-state index contributed by atoms with van der Waals surface area (Å²) in [6.45, 7) is 4.70. The Labute approximate surface area is 307 Å². The zero-order valence-corrected chi connectivity index (χ0v) is 29.5. The van der Waals surface area contributed by atoms with E-state index < -0.39 is 0 Å². The molecule has 250 valence electrons. The minimum absolute atomic E-state index is 0.0787. The Kier molecular flexibility index (Phi) is 6.30. The molecule has 0 saturated carbocycles. The Morgan fingerprint density at radius 1 is 0.491 bits per heavy atom. The van der Waals surface area contributed by atoms with Gasteiger partial charge in [-0.25, -0.2) is 4.98 Å². The first kappa shape index (κ1) is 30.0. The number of benzene rings is 7. The van der Waals surface area contributed by atoms with Gasteiger partial charge in [-0.3, -0.25) is 0 Å². The Morgan fingerprint density at radius 2 is 1.17 bits per heavy atom. The van der Waals surface area contributed by atoms with Gasteiger partial charge in [0.2, 0.25) is 0 Å². The van der Waals surface area contributed by atoms with Crippen LogP contribution in [0.3, 0.4) is 0 Å². The van der Waals surface area contributed by atoms with Crippen molar-refractivity contribution >= 4 is 43.7 Å². The molecule has 3 heteroatoms. The molecular formula is C50H34N2O. The first-order chi connectivity index (χ1) is 26.1. The summed E-state index contributed by atoms with van der Waals surface area (Å²) in [5, 5.41) is 4.68. The number of hydrogen-bond acceptors (Lipinski definition) is 2. The second-order valence-electron chi connectivity index (χ2n) is 14.7. The highest BCUT2D eigenvalue weighted by Crippen LogP contribution is 2.53. The molecule has 53 heavy (non-hydrogen) atoms. The van der Waals surface area contributed by atoms with Crippen LogP contribution in [-0.2, 0) is 5.41 Å². The monoisotopic (exact) mass is 678 g/mol. The van der Waals surface area contributed by atoms with Gasteiger partial charge in [0.15, 0.2) is 5.58 Å². The summed E-state index contributed by atoms with van der Waals surface area (Å²) in [5.41, 5.74) is 16.7. The van der Waals surface area contributed by atoms with E-state index in [9.17, 15) is 0 Å². The third-order valence-corrected chi connectivity index (χ3v) is 11.4. The van der Waals surface area contributed by atoms with Crippen molar-refractivity contribution in [2.45, 2.75) is 19.3 Å². The molecule has 0 amide bonds. The molecular weight excluding hydrogens is 645 g/mol. The molecule has 0 N–H and O–H groups in total. The second-order valence-corrected chi connectivity index (χ2v) is 14.7. The van der Waals surface area contributed by atoms with E-state index >= 15 is 0 Å². The summed E-state index contributed by atoms with van der Waals surface area (Å²) in [6.07, 6.45) is 0. The van der Waals surface area contributed by atoms with Gasteiger partial charge >= 0.3 is 0 Å². The maximum Gasteiger partial charge on any atom is 0.159 e. The summed E-state index contributed by atoms with van der Waals surface area (Å²) < 4.78 is 9.34. The molecule has 1 aliphatic carbocycles. The largest absolute Gasteiger partial charge is 0.454 e. The molecule has 3 aromatic heterocycles. The number of aromatic nitrogens is 2. The Hall–Kier alpha value is -6.71. The predicted molar refractivity (Wildman–Crippen MR) is 220 cm³/mol. The molecule has 0 unspecified atom stereocenters. The number of rotatable bonds is 4. The third kappa shape index (κ3) is 4.31. The molecule has 11 rings (SSSR count). The zero-order chi connectivity index (χ0) is 35.3. The van der Waals surface area contributed by atoms with E-state index in [1.165, 1.54) is 38.5 Å². The molecule has 0 bridgehead atoms. The number of nitrogens with zero attached hydrogens (tertiary/aromatic N) is 2. The van der Waals surface area contributed by atoms with Gasteiger partial charge in [0.25, 0.3) is 0 Å². The fourth-order valence-electron chi connectivity index (χ4n) is 8.96. The van der Waals surface area contributed by atoms with Crippen LogP contribution >= 0.6 is 0 Å². The number of pyridine rings is 1. The lowest BCUT2D eigenvalue weighted by atomic mass is 9.82. The van der Waals surface area contributed by atoms with Crippen molar-refractivity contribution in [3.05, 3.63) is 181 Å². The van der Waals surface area contributed by atoms with Gasteiger partial charge in [0.05, 0.1) is 28.1 Å². The fourth-order valence-corrected chi connectivity index (χ4v) is 8.96. The smallest absolute Gasteiger partial charge is 0.159 e. The van der Waals surface area contributed by atoms with Crippen LogP contribution in [0, 0.1) is 0 Å². The van der Waals surface area contributed by atoms with Crippen LogP contribution in [-0.4, -0.2) is 9.55 Å². The van der Waals surface area contributed by atoms with Crippen LogP contribution in [0.25, 0.3) is 94.2 Å². The highest BCUT2D eigenvalue weighted by Gasteiger charge is 2.37. The second kappa shape index (κ2) is 11.1. The molecule has 0 atom stereocenters. The van der Waals surface area contributed by atoms with Gasteiger partial charge in [0.1, 0.15) is 5.58 Å². The van der Waals surface area contributed by atoms with Crippen LogP contribution < -0.4 is 0 Å². The quantitative estimate of drug-likeness (QED) is 0.185. The van der Waals surface area contributed by atoms with Crippen molar-refractivity contribution in [2.75, 3.05) is 0 Å². The minimum Gasteiger partial charge on any atom is -0.454 e. The molecule has 0 saturated heterocycles. The first-order valence-electron chi connectivity index (χ1n) is 18.3. The van der Waals surface area contributed by atoms with E-state index in [0.29, 0.717) is 0 Å². The Balaban J connectivity index is 1.18. The van der Waals surface area contributed by atoms with E-state index in [-0.39, 0.29) is 5.41 Å². The highest BCUT2D eigenvalue weighted by atomic mass is 16.3. The van der Waals surface area contributed by atoms with E-state index in [1.807, 2.05) is 6.07 Å². The van der Waals surface area contributed by atoms with Crippen LogP contribution in [0.15, 0.2) is 174 Å². The zero-order valence-electron chi connectivity index (χ0n) is 29.5. The maximum atomic E-state index is 6.93. The standard InChI is InChI=1S/C50H34N2O/c1-50(2)38-23-11-9-19-34(38)47-39(50)27-28-43-48(47)36-20-10-12-24-42(36)52(43)44-25-13-22-37-46-35(21-14-26-45(46)53-49(37)44)41-30-33(31-15-5-3-6-16-31)29-40(51-41)32-17-7-4-8-18-32/h3-30H,1-2H3. The van der Waals surface area contributed by atoms with Gasteiger partial charge in [-0.15, -0.1) is 0 Å². The van der Waals surface area contributed by atoms with Crippen molar-refractivity contribution in [1.29, 1.82) is 0 Å². The van der Waals surface area contributed by atoms with Crippen LogP contribution in [0.4, 0.5) is 0 Å². The number of fused-ring (bicyclic) bond motifs is 10. The lowest BCUT2D eigenvalue weighted by Gasteiger charge is -2.21. The van der Waals surface area contributed by atoms with Crippen LogP contribution in [0.5, 0.6) is 0 Å². The first-order valence-corrected chi connectivity index (χ1v) is 18.3. The molecule has 10 aromatic rings. The topological polar surface area (TPSA) is 31.0 Å². The van der Waals surface area contributed by atoms with Crippen LogP contribution in [0.1, 0.15) is 25.0 Å². The molecule has 3 nitrogen and oxygen atoms in total. The van der Waals surface area contributed by atoms with Gasteiger partial charge < -0.3 is 8.98 Å². The highest BCUT2D eigenvalue weighted by molar-refractivity contribution is 6.20. The van der Waals surface area contributed by atoms with E-state index in [0.717, 1.165) is 66.8 Å². The average molecular weight is 679 g/mol. The lowest BCUT2D eigenvalue weighted by molar-refractivity contribution is 0.660. The van der Waals surface area contributed by atoms with Gasteiger partial charge in [-0.05, 0) is 69.8 Å². The van der Waals surface area contributed by atoms with E-state index in [2.05, 4.69) is 182 Å². The summed E-state index contributed by atoms with van der Waals surface area (Å²) >= 11 is 0. The summed E-state index contributed by atoms with van der Waals surface area (Å²) in [7, 11) is 0. The Bertz CT molecular complexity index is 3020.